The topological polar surface area (TPSA) is 106 Å². The van der Waals surface area contributed by atoms with Crippen LogP contribution in [0.25, 0.3) is 27.8 Å². The highest BCUT2D eigenvalue weighted by molar-refractivity contribution is 5.89. The number of halogens is 1. The zero-order valence-corrected chi connectivity index (χ0v) is 18.4. The Morgan fingerprint density at radius 1 is 1.09 bits per heavy atom. The van der Waals surface area contributed by atoms with Gasteiger partial charge in [0.2, 0.25) is 0 Å². The van der Waals surface area contributed by atoms with Crippen LogP contribution in [-0.2, 0) is 11.2 Å². The molecule has 6 rings (SSSR count). The number of nitrogens with zero attached hydrogens (tertiary/aromatic N) is 4. The van der Waals surface area contributed by atoms with Crippen LogP contribution >= 0.6 is 0 Å². The van der Waals surface area contributed by atoms with Gasteiger partial charge >= 0.3 is 5.69 Å². The zero-order chi connectivity index (χ0) is 23.3. The molecule has 2 aromatic carbocycles. The molecular formula is C25H23FN6O2. The van der Waals surface area contributed by atoms with E-state index in [4.69, 9.17) is 0 Å². The molecule has 1 aliphatic carbocycles. The summed E-state index contributed by atoms with van der Waals surface area (Å²) >= 11 is 0. The molecule has 2 aromatic heterocycles. The van der Waals surface area contributed by atoms with Gasteiger partial charge in [0.1, 0.15) is 17.4 Å². The van der Waals surface area contributed by atoms with Crippen molar-refractivity contribution in [1.29, 1.82) is 0 Å². The maximum absolute atomic E-state index is 15.4. The van der Waals surface area contributed by atoms with E-state index in [-0.39, 0.29) is 17.4 Å². The van der Waals surface area contributed by atoms with Crippen LogP contribution in [-0.4, -0.2) is 43.6 Å². The third-order valence-electron chi connectivity index (χ3n) is 6.94. The maximum atomic E-state index is 15.4. The summed E-state index contributed by atoms with van der Waals surface area (Å²) in [4.78, 5) is 34.3. The number of rotatable bonds is 6. The van der Waals surface area contributed by atoms with Gasteiger partial charge in [-0.3, -0.25) is 14.8 Å². The average Bonchev–Trinajstić information content (AvgIpc) is 3.50. The fourth-order valence-corrected chi connectivity index (χ4v) is 4.98. The number of ketones is 1. The summed E-state index contributed by atoms with van der Waals surface area (Å²) in [7, 11) is 0. The minimum atomic E-state index is -0.604. The summed E-state index contributed by atoms with van der Waals surface area (Å²) in [6.45, 7) is 1.29. The van der Waals surface area contributed by atoms with Gasteiger partial charge in [0.15, 0.2) is 0 Å². The van der Waals surface area contributed by atoms with E-state index in [1.54, 1.807) is 24.5 Å². The van der Waals surface area contributed by atoms with Crippen molar-refractivity contribution in [2.45, 2.75) is 25.7 Å². The standard InChI is InChI=1S/C25H23FN6O2/c26-18-11-16(17-3-5-19-20(12-17)29-10-9-28-19)4-6-21(18)32-22(30-31-24(32)34)13-25(7-8-27-14-25)23(33)15-1-2-15/h3-6,9-12,15,27H,1-2,7-8,13-14H2,(H,31,34)/t25-/m0/s1. The Bertz CT molecular complexity index is 1470. The Balaban J connectivity index is 1.36. The smallest absolute Gasteiger partial charge is 0.316 e. The lowest BCUT2D eigenvalue weighted by Crippen LogP contribution is -2.38. The van der Waals surface area contributed by atoms with Crippen LogP contribution in [0.1, 0.15) is 25.1 Å². The number of fused-ring (bicyclic) bond motifs is 1. The van der Waals surface area contributed by atoms with Gasteiger partial charge in [0.25, 0.3) is 0 Å². The van der Waals surface area contributed by atoms with E-state index < -0.39 is 16.9 Å². The Morgan fingerprint density at radius 3 is 2.59 bits per heavy atom. The molecule has 1 saturated carbocycles. The van der Waals surface area contributed by atoms with Gasteiger partial charge in [-0.1, -0.05) is 12.1 Å². The Kier molecular flexibility index (Phi) is 4.88. The molecule has 0 radical (unpaired) electrons. The molecule has 2 fully saturated rings. The van der Waals surface area contributed by atoms with Gasteiger partial charge in [-0.25, -0.2) is 18.9 Å². The Morgan fingerprint density at radius 2 is 1.85 bits per heavy atom. The van der Waals surface area contributed by atoms with Crippen LogP contribution in [0.15, 0.2) is 53.6 Å². The van der Waals surface area contributed by atoms with Crippen LogP contribution in [0.3, 0.4) is 0 Å². The summed E-state index contributed by atoms with van der Waals surface area (Å²) in [6.07, 6.45) is 6.06. The predicted octanol–water partition coefficient (Wildman–Crippen LogP) is 2.81. The van der Waals surface area contributed by atoms with Crippen LogP contribution in [0, 0.1) is 17.2 Å². The molecule has 34 heavy (non-hydrogen) atoms. The first-order valence-electron chi connectivity index (χ1n) is 11.5. The van der Waals surface area contributed by atoms with Crippen molar-refractivity contribution in [2.24, 2.45) is 11.3 Å². The Labute approximate surface area is 194 Å². The summed E-state index contributed by atoms with van der Waals surface area (Å²) in [6, 6.07) is 10.3. The third kappa shape index (κ3) is 3.52. The van der Waals surface area contributed by atoms with Crippen molar-refractivity contribution in [1.82, 2.24) is 30.0 Å². The number of aromatic nitrogens is 5. The second-order valence-electron chi connectivity index (χ2n) is 9.23. The average molecular weight is 458 g/mol. The first kappa shape index (κ1) is 20.9. The minimum Gasteiger partial charge on any atom is -0.316 e. The van der Waals surface area contributed by atoms with E-state index >= 15 is 4.39 Å². The highest BCUT2D eigenvalue weighted by atomic mass is 19.1. The molecule has 8 nitrogen and oxygen atoms in total. The number of carbonyl (C=O) groups is 1. The highest BCUT2D eigenvalue weighted by Gasteiger charge is 2.48. The fraction of sp³-hybridized carbons (Fsp3) is 0.320. The monoisotopic (exact) mass is 458 g/mol. The molecule has 1 saturated heterocycles. The molecule has 9 heteroatoms. The molecule has 1 atom stereocenters. The SMILES string of the molecule is O=C(C1CC1)[C@]1(Cc2n[nH]c(=O)n2-c2ccc(-c3ccc4nccnc4c3)cc2F)CCNC1. The van der Waals surface area contributed by atoms with Gasteiger partial charge in [0.05, 0.1) is 16.7 Å². The lowest BCUT2D eigenvalue weighted by Gasteiger charge is -2.26. The first-order chi connectivity index (χ1) is 16.5. The predicted molar refractivity (Wildman–Crippen MR) is 124 cm³/mol. The maximum Gasteiger partial charge on any atom is 0.348 e. The van der Waals surface area contributed by atoms with Crippen molar-refractivity contribution < 1.29 is 9.18 Å². The van der Waals surface area contributed by atoms with Crippen LogP contribution in [0.5, 0.6) is 0 Å². The number of hydrogen-bond donors (Lipinski definition) is 2. The van der Waals surface area contributed by atoms with Crippen LogP contribution in [0.2, 0.25) is 0 Å². The van der Waals surface area contributed by atoms with Crippen molar-refractivity contribution in [3.05, 3.63) is 70.9 Å². The van der Waals surface area contributed by atoms with Gasteiger partial charge in [0, 0.05) is 36.7 Å². The number of nitrogens with one attached hydrogen (secondary N) is 2. The van der Waals surface area contributed by atoms with Gasteiger partial charge in [-0.05, 0) is 61.2 Å². The van der Waals surface area contributed by atoms with E-state index in [1.807, 2.05) is 18.2 Å². The highest BCUT2D eigenvalue weighted by Crippen LogP contribution is 2.42. The lowest BCUT2D eigenvalue weighted by atomic mass is 9.77. The summed E-state index contributed by atoms with van der Waals surface area (Å²) in [5, 5.41) is 9.91. The second kappa shape index (κ2) is 7.95. The number of hydrogen-bond acceptors (Lipinski definition) is 6. The molecule has 3 heterocycles. The fourth-order valence-electron chi connectivity index (χ4n) is 4.98. The third-order valence-corrected chi connectivity index (χ3v) is 6.94. The molecule has 0 amide bonds. The Hall–Kier alpha value is -3.72. The van der Waals surface area contributed by atoms with Crippen molar-refractivity contribution in [3.63, 3.8) is 0 Å². The van der Waals surface area contributed by atoms with Gasteiger partial charge < -0.3 is 5.32 Å². The molecule has 0 bridgehead atoms. The molecule has 172 valence electrons. The molecular weight excluding hydrogens is 435 g/mol. The lowest BCUT2D eigenvalue weighted by molar-refractivity contribution is -0.129. The molecule has 2 aliphatic rings. The number of benzene rings is 2. The van der Waals surface area contributed by atoms with Crippen LogP contribution < -0.4 is 11.0 Å². The van der Waals surface area contributed by atoms with E-state index in [0.717, 1.165) is 30.5 Å². The summed E-state index contributed by atoms with van der Waals surface area (Å²) < 4.78 is 16.6. The summed E-state index contributed by atoms with van der Waals surface area (Å²) in [5.41, 5.74) is 1.91. The van der Waals surface area contributed by atoms with E-state index in [2.05, 4.69) is 25.5 Å². The number of aromatic amines is 1. The number of H-pyrrole nitrogens is 1. The molecule has 4 aromatic rings. The summed E-state index contributed by atoms with van der Waals surface area (Å²) in [5.74, 6) is 0.153. The largest absolute Gasteiger partial charge is 0.348 e. The minimum absolute atomic E-state index is 0.0988. The molecule has 0 spiro atoms. The second-order valence-corrected chi connectivity index (χ2v) is 9.23. The number of Topliss-reactive ketones (excluding diaryl/α,β-unsaturated/α-hetero) is 1. The van der Waals surface area contributed by atoms with Crippen molar-refractivity contribution in [3.8, 4) is 16.8 Å². The van der Waals surface area contributed by atoms with Gasteiger partial charge in [-0.15, -0.1) is 0 Å². The van der Waals surface area contributed by atoms with Crippen LogP contribution in [0.4, 0.5) is 4.39 Å². The van der Waals surface area contributed by atoms with Gasteiger partial charge in [-0.2, -0.15) is 5.10 Å². The zero-order valence-electron chi connectivity index (χ0n) is 18.4. The molecule has 0 unspecified atom stereocenters. The normalized spacial score (nSPS) is 20.1. The number of carbonyl (C=O) groups excluding carboxylic acids is 1. The quantitative estimate of drug-likeness (QED) is 0.460. The van der Waals surface area contributed by atoms with Crippen molar-refractivity contribution in [2.75, 3.05) is 13.1 Å². The van der Waals surface area contributed by atoms with E-state index in [9.17, 15) is 9.59 Å². The molecule has 2 N–H and O–H groups in total. The van der Waals surface area contributed by atoms with E-state index in [1.165, 1.54) is 10.6 Å². The first-order valence-corrected chi connectivity index (χ1v) is 11.5. The van der Waals surface area contributed by atoms with Crippen molar-refractivity contribution >= 4 is 16.8 Å². The molecule has 1 aliphatic heterocycles. The van der Waals surface area contributed by atoms with E-state index in [0.29, 0.717) is 36.3 Å².